The molecule has 1 heterocycles. The topological polar surface area (TPSA) is 54.0 Å². The van der Waals surface area contributed by atoms with Gasteiger partial charge in [-0.25, -0.2) is 9.78 Å². The summed E-state index contributed by atoms with van der Waals surface area (Å²) >= 11 is 0. The molecule has 0 saturated carbocycles. The first kappa shape index (κ1) is 13.8. The van der Waals surface area contributed by atoms with Crippen molar-refractivity contribution >= 4 is 17.9 Å². The Morgan fingerprint density at radius 3 is 2.70 bits per heavy atom. The zero-order valence-electron chi connectivity index (χ0n) is 11.6. The van der Waals surface area contributed by atoms with Crippen LogP contribution in [-0.2, 0) is 0 Å². The van der Waals surface area contributed by atoms with Crippen LogP contribution >= 0.6 is 0 Å². The smallest absolute Gasteiger partial charge is 0.314 e. The maximum absolute atomic E-state index is 11.7. The molecule has 20 heavy (non-hydrogen) atoms. The molecule has 0 fully saturated rings. The Labute approximate surface area is 118 Å². The lowest BCUT2D eigenvalue weighted by molar-refractivity contribution is 0.255. The van der Waals surface area contributed by atoms with Gasteiger partial charge in [0, 0.05) is 12.4 Å². The van der Waals surface area contributed by atoms with Gasteiger partial charge in [-0.1, -0.05) is 29.8 Å². The average molecular weight is 267 g/mol. The third-order valence-corrected chi connectivity index (χ3v) is 2.69. The Balaban J connectivity index is 1.89. The second kappa shape index (κ2) is 6.52. The SMILES string of the molecule is Cc1cccc(/C=C/NC(=O)Nc2cc(C)ccn2)c1. The molecule has 4 heteroatoms. The van der Waals surface area contributed by atoms with Crippen LogP contribution in [0.1, 0.15) is 16.7 Å². The summed E-state index contributed by atoms with van der Waals surface area (Å²) in [4.78, 5) is 15.7. The summed E-state index contributed by atoms with van der Waals surface area (Å²) in [5.74, 6) is 0.534. The summed E-state index contributed by atoms with van der Waals surface area (Å²) < 4.78 is 0. The van der Waals surface area contributed by atoms with E-state index in [1.54, 1.807) is 12.4 Å². The van der Waals surface area contributed by atoms with Crippen molar-refractivity contribution in [1.82, 2.24) is 10.3 Å². The monoisotopic (exact) mass is 267 g/mol. The molecule has 0 unspecified atom stereocenters. The minimum atomic E-state index is -0.313. The number of hydrogen-bond donors (Lipinski definition) is 2. The number of aromatic nitrogens is 1. The number of hydrogen-bond acceptors (Lipinski definition) is 2. The molecule has 0 aliphatic rings. The van der Waals surface area contributed by atoms with Crippen LogP contribution in [0.25, 0.3) is 6.08 Å². The lowest BCUT2D eigenvalue weighted by atomic mass is 10.1. The summed E-state index contributed by atoms with van der Waals surface area (Å²) in [6.07, 6.45) is 5.11. The van der Waals surface area contributed by atoms with Crippen LogP contribution in [0.4, 0.5) is 10.6 Å². The van der Waals surface area contributed by atoms with Gasteiger partial charge in [0.2, 0.25) is 0 Å². The molecule has 2 amide bonds. The Morgan fingerprint density at radius 1 is 1.15 bits per heavy atom. The van der Waals surface area contributed by atoms with E-state index in [1.807, 2.05) is 56.3 Å². The zero-order chi connectivity index (χ0) is 14.4. The molecule has 1 aromatic carbocycles. The predicted molar refractivity (Wildman–Crippen MR) is 81.3 cm³/mol. The van der Waals surface area contributed by atoms with Gasteiger partial charge in [-0.2, -0.15) is 0 Å². The van der Waals surface area contributed by atoms with E-state index in [0.29, 0.717) is 5.82 Å². The number of carbonyl (C=O) groups is 1. The molecule has 1 aromatic heterocycles. The first-order chi connectivity index (χ1) is 9.63. The van der Waals surface area contributed by atoms with E-state index in [9.17, 15) is 4.79 Å². The highest BCUT2D eigenvalue weighted by Gasteiger charge is 1.99. The van der Waals surface area contributed by atoms with E-state index in [2.05, 4.69) is 15.6 Å². The van der Waals surface area contributed by atoms with E-state index in [1.165, 1.54) is 5.56 Å². The number of anilines is 1. The van der Waals surface area contributed by atoms with Crippen LogP contribution in [-0.4, -0.2) is 11.0 Å². The number of carbonyl (C=O) groups excluding carboxylic acids is 1. The second-order valence-electron chi connectivity index (χ2n) is 4.56. The fourth-order valence-electron chi connectivity index (χ4n) is 1.74. The maximum Gasteiger partial charge on any atom is 0.324 e. The van der Waals surface area contributed by atoms with Crippen molar-refractivity contribution in [3.8, 4) is 0 Å². The molecule has 0 aliphatic carbocycles. The van der Waals surface area contributed by atoms with E-state index < -0.39 is 0 Å². The van der Waals surface area contributed by atoms with Crippen molar-refractivity contribution in [2.45, 2.75) is 13.8 Å². The van der Waals surface area contributed by atoms with Crippen molar-refractivity contribution in [2.75, 3.05) is 5.32 Å². The van der Waals surface area contributed by atoms with Gasteiger partial charge in [0.1, 0.15) is 5.82 Å². The number of aryl methyl sites for hydroxylation is 2. The Bertz CT molecular complexity index is 635. The Kier molecular flexibility index (Phi) is 4.50. The summed E-state index contributed by atoms with van der Waals surface area (Å²) in [5.41, 5.74) is 3.27. The van der Waals surface area contributed by atoms with Gasteiger partial charge in [0.25, 0.3) is 0 Å². The van der Waals surface area contributed by atoms with Crippen LogP contribution in [0.5, 0.6) is 0 Å². The number of pyridine rings is 1. The van der Waals surface area contributed by atoms with Gasteiger partial charge in [0.15, 0.2) is 0 Å². The summed E-state index contributed by atoms with van der Waals surface area (Å²) in [5, 5.41) is 5.32. The molecule has 0 atom stereocenters. The van der Waals surface area contributed by atoms with Crippen LogP contribution in [0.3, 0.4) is 0 Å². The summed E-state index contributed by atoms with van der Waals surface area (Å²) in [6.45, 7) is 3.98. The molecule has 0 saturated heterocycles. The zero-order valence-corrected chi connectivity index (χ0v) is 11.6. The van der Waals surface area contributed by atoms with Gasteiger partial charge < -0.3 is 5.32 Å². The summed E-state index contributed by atoms with van der Waals surface area (Å²) in [7, 11) is 0. The minimum absolute atomic E-state index is 0.313. The number of amides is 2. The molecule has 2 N–H and O–H groups in total. The minimum Gasteiger partial charge on any atom is -0.314 e. The van der Waals surface area contributed by atoms with Crippen molar-refractivity contribution in [3.05, 3.63) is 65.5 Å². The fraction of sp³-hybridized carbons (Fsp3) is 0.125. The third kappa shape index (κ3) is 4.24. The van der Waals surface area contributed by atoms with E-state index in [0.717, 1.165) is 11.1 Å². The normalized spacial score (nSPS) is 10.5. The number of urea groups is 1. The van der Waals surface area contributed by atoms with Gasteiger partial charge >= 0.3 is 6.03 Å². The van der Waals surface area contributed by atoms with Crippen molar-refractivity contribution < 1.29 is 4.79 Å². The van der Waals surface area contributed by atoms with Gasteiger partial charge in [-0.3, -0.25) is 5.32 Å². The standard InChI is InChI=1S/C16H17N3O/c1-12-4-3-5-14(10-12)7-9-18-16(20)19-15-11-13(2)6-8-17-15/h3-11H,1-2H3,(H2,17,18,19,20)/b9-7+. The quantitative estimate of drug-likeness (QED) is 0.894. The molecule has 2 rings (SSSR count). The number of rotatable bonds is 3. The molecule has 4 nitrogen and oxygen atoms in total. The van der Waals surface area contributed by atoms with Crippen molar-refractivity contribution in [1.29, 1.82) is 0 Å². The van der Waals surface area contributed by atoms with Gasteiger partial charge in [-0.15, -0.1) is 0 Å². The largest absolute Gasteiger partial charge is 0.324 e. The third-order valence-electron chi connectivity index (χ3n) is 2.69. The molecule has 0 aliphatic heterocycles. The van der Waals surface area contributed by atoms with Crippen molar-refractivity contribution in [3.63, 3.8) is 0 Å². The second-order valence-corrected chi connectivity index (χ2v) is 4.56. The maximum atomic E-state index is 11.7. The molecular formula is C16H17N3O. The first-order valence-electron chi connectivity index (χ1n) is 6.37. The highest BCUT2D eigenvalue weighted by molar-refractivity contribution is 5.89. The van der Waals surface area contributed by atoms with Gasteiger partial charge in [0.05, 0.1) is 0 Å². The molecule has 0 bridgehead atoms. The summed E-state index contributed by atoms with van der Waals surface area (Å²) in [6, 6.07) is 11.4. The van der Waals surface area contributed by atoms with Crippen LogP contribution in [0.15, 0.2) is 48.8 Å². The Hall–Kier alpha value is -2.62. The van der Waals surface area contributed by atoms with Crippen molar-refractivity contribution in [2.24, 2.45) is 0 Å². The molecule has 102 valence electrons. The number of benzene rings is 1. The fourth-order valence-corrected chi connectivity index (χ4v) is 1.74. The van der Waals surface area contributed by atoms with E-state index in [4.69, 9.17) is 0 Å². The lowest BCUT2D eigenvalue weighted by Gasteiger charge is -2.04. The predicted octanol–water partition coefficient (Wildman–Crippen LogP) is 3.49. The highest BCUT2D eigenvalue weighted by atomic mass is 16.2. The van der Waals surface area contributed by atoms with E-state index in [-0.39, 0.29) is 6.03 Å². The molecule has 0 radical (unpaired) electrons. The van der Waals surface area contributed by atoms with Crippen LogP contribution in [0, 0.1) is 13.8 Å². The molecular weight excluding hydrogens is 250 g/mol. The van der Waals surface area contributed by atoms with E-state index >= 15 is 0 Å². The van der Waals surface area contributed by atoms with Crippen LogP contribution in [0.2, 0.25) is 0 Å². The van der Waals surface area contributed by atoms with Gasteiger partial charge in [-0.05, 0) is 43.2 Å². The van der Waals surface area contributed by atoms with Crippen LogP contribution < -0.4 is 10.6 Å². The average Bonchev–Trinajstić information content (AvgIpc) is 2.38. The lowest BCUT2D eigenvalue weighted by Crippen LogP contribution is -2.24. The highest BCUT2D eigenvalue weighted by Crippen LogP contribution is 2.06. The number of nitrogens with one attached hydrogen (secondary N) is 2. The molecule has 2 aromatic rings. The number of nitrogens with zero attached hydrogens (tertiary/aromatic N) is 1. The Morgan fingerprint density at radius 2 is 1.95 bits per heavy atom. The molecule has 0 spiro atoms. The first-order valence-corrected chi connectivity index (χ1v) is 6.37.